The number of amides is 3. The van der Waals surface area contributed by atoms with Crippen molar-refractivity contribution in [1.29, 1.82) is 0 Å². The van der Waals surface area contributed by atoms with Gasteiger partial charge in [0.05, 0.1) is 11.1 Å². The van der Waals surface area contributed by atoms with Gasteiger partial charge in [-0.05, 0) is 55.2 Å². The average Bonchev–Trinajstić information content (AvgIpc) is 2.79. The number of aryl methyl sites for hydroxylation is 2. The standard InChI is InChI=1S/C21H22N2O3/c1-12(2)18(19(24)22-15-10-13(3)9-14(4)11-15)23-20(25)16-7-5-6-8-17(16)21(23)26/h5-12,18H,1-4H3,(H,22,24). The minimum atomic E-state index is -0.872. The fraction of sp³-hybridized carbons (Fsp3) is 0.286. The number of rotatable bonds is 4. The lowest BCUT2D eigenvalue weighted by atomic mass is 10.0. The zero-order chi connectivity index (χ0) is 19.0. The molecule has 1 N–H and O–H groups in total. The first-order valence-corrected chi connectivity index (χ1v) is 8.65. The predicted molar refractivity (Wildman–Crippen MR) is 100 cm³/mol. The fourth-order valence-corrected chi connectivity index (χ4v) is 3.44. The first kappa shape index (κ1) is 17.9. The topological polar surface area (TPSA) is 66.5 Å². The Labute approximate surface area is 153 Å². The highest BCUT2D eigenvalue weighted by atomic mass is 16.2. The van der Waals surface area contributed by atoms with Crippen LogP contribution in [0.5, 0.6) is 0 Å². The summed E-state index contributed by atoms with van der Waals surface area (Å²) in [6.45, 7) is 7.56. The van der Waals surface area contributed by atoms with Crippen molar-refractivity contribution in [2.45, 2.75) is 33.7 Å². The first-order chi connectivity index (χ1) is 12.3. The lowest BCUT2D eigenvalue weighted by Gasteiger charge is -2.28. The molecular weight excluding hydrogens is 328 g/mol. The molecule has 3 amide bonds. The molecule has 0 aromatic heterocycles. The second kappa shape index (κ2) is 6.75. The Morgan fingerprint density at radius 2 is 1.42 bits per heavy atom. The van der Waals surface area contributed by atoms with Gasteiger partial charge in [-0.15, -0.1) is 0 Å². The summed E-state index contributed by atoms with van der Waals surface area (Å²) in [5.41, 5.74) is 3.42. The van der Waals surface area contributed by atoms with Crippen LogP contribution in [0.3, 0.4) is 0 Å². The first-order valence-electron chi connectivity index (χ1n) is 8.65. The van der Waals surface area contributed by atoms with Crippen molar-refractivity contribution in [2.24, 2.45) is 5.92 Å². The van der Waals surface area contributed by atoms with Gasteiger partial charge in [0.25, 0.3) is 11.8 Å². The Morgan fingerprint density at radius 3 is 1.88 bits per heavy atom. The van der Waals surface area contributed by atoms with E-state index in [9.17, 15) is 14.4 Å². The summed E-state index contributed by atoms with van der Waals surface area (Å²) in [7, 11) is 0. The molecule has 134 valence electrons. The smallest absolute Gasteiger partial charge is 0.262 e. The minimum absolute atomic E-state index is 0.219. The van der Waals surface area contributed by atoms with Gasteiger partial charge in [0, 0.05) is 5.69 Å². The second-order valence-corrected chi connectivity index (χ2v) is 7.08. The van der Waals surface area contributed by atoms with Crippen molar-refractivity contribution in [3.8, 4) is 0 Å². The van der Waals surface area contributed by atoms with Crippen molar-refractivity contribution >= 4 is 23.4 Å². The number of hydrogen-bond acceptors (Lipinski definition) is 3. The lowest BCUT2D eigenvalue weighted by Crippen LogP contribution is -2.50. The third-order valence-corrected chi connectivity index (χ3v) is 4.49. The second-order valence-electron chi connectivity index (χ2n) is 7.08. The highest BCUT2D eigenvalue weighted by Gasteiger charge is 2.43. The van der Waals surface area contributed by atoms with Gasteiger partial charge in [-0.3, -0.25) is 19.3 Å². The van der Waals surface area contributed by atoms with Crippen LogP contribution in [0.1, 0.15) is 45.7 Å². The van der Waals surface area contributed by atoms with E-state index in [1.165, 1.54) is 0 Å². The summed E-state index contributed by atoms with van der Waals surface area (Å²) in [5.74, 6) is -1.41. The van der Waals surface area contributed by atoms with Crippen molar-refractivity contribution in [2.75, 3.05) is 5.32 Å². The molecule has 2 aromatic carbocycles. The molecule has 0 spiro atoms. The van der Waals surface area contributed by atoms with Gasteiger partial charge in [0.1, 0.15) is 6.04 Å². The molecule has 0 aliphatic carbocycles. The molecule has 1 aliphatic rings. The predicted octanol–water partition coefficient (Wildman–Crippen LogP) is 3.56. The van der Waals surface area contributed by atoms with E-state index in [-0.39, 0.29) is 11.8 Å². The van der Waals surface area contributed by atoms with Crippen LogP contribution in [-0.4, -0.2) is 28.7 Å². The number of fused-ring (bicyclic) bond motifs is 1. The fourth-order valence-electron chi connectivity index (χ4n) is 3.44. The molecule has 1 aliphatic heterocycles. The number of hydrogen-bond donors (Lipinski definition) is 1. The number of nitrogens with one attached hydrogen (secondary N) is 1. The maximum absolute atomic E-state index is 12.9. The summed E-state index contributed by atoms with van der Waals surface area (Å²) in [6, 6.07) is 11.5. The van der Waals surface area contributed by atoms with E-state index in [1.54, 1.807) is 24.3 Å². The highest BCUT2D eigenvalue weighted by Crippen LogP contribution is 2.28. The van der Waals surface area contributed by atoms with Crippen LogP contribution in [0.4, 0.5) is 5.69 Å². The van der Waals surface area contributed by atoms with Crippen LogP contribution in [0.15, 0.2) is 42.5 Å². The Kier molecular flexibility index (Phi) is 4.64. The van der Waals surface area contributed by atoms with Gasteiger partial charge in [-0.25, -0.2) is 0 Å². The van der Waals surface area contributed by atoms with Crippen LogP contribution in [0.2, 0.25) is 0 Å². The lowest BCUT2D eigenvalue weighted by molar-refractivity contribution is -0.121. The Hall–Kier alpha value is -2.95. The Bertz CT molecular complexity index is 847. The molecule has 5 heteroatoms. The Morgan fingerprint density at radius 1 is 0.923 bits per heavy atom. The van der Waals surface area contributed by atoms with Crippen molar-refractivity contribution < 1.29 is 14.4 Å². The number of anilines is 1. The quantitative estimate of drug-likeness (QED) is 0.858. The van der Waals surface area contributed by atoms with E-state index >= 15 is 0 Å². The zero-order valence-electron chi connectivity index (χ0n) is 15.4. The molecule has 0 saturated carbocycles. The third-order valence-electron chi connectivity index (χ3n) is 4.49. The third kappa shape index (κ3) is 3.12. The van der Waals surface area contributed by atoms with Crippen molar-refractivity contribution in [1.82, 2.24) is 4.90 Å². The normalized spacial score (nSPS) is 14.6. The van der Waals surface area contributed by atoms with Crippen LogP contribution in [0, 0.1) is 19.8 Å². The van der Waals surface area contributed by atoms with E-state index in [2.05, 4.69) is 5.32 Å². The highest BCUT2D eigenvalue weighted by molar-refractivity contribution is 6.23. The van der Waals surface area contributed by atoms with E-state index < -0.39 is 17.9 Å². The van der Waals surface area contributed by atoms with Gasteiger partial charge in [0.15, 0.2) is 0 Å². The molecule has 3 rings (SSSR count). The summed E-state index contributed by atoms with van der Waals surface area (Å²) in [5, 5.41) is 2.86. The number of imide groups is 1. The molecule has 0 bridgehead atoms. The van der Waals surface area contributed by atoms with Crippen LogP contribution in [0.25, 0.3) is 0 Å². The van der Waals surface area contributed by atoms with Crippen molar-refractivity contribution in [3.63, 3.8) is 0 Å². The largest absolute Gasteiger partial charge is 0.324 e. The molecule has 1 heterocycles. The molecule has 0 radical (unpaired) electrons. The number of carbonyl (C=O) groups is 3. The molecule has 1 unspecified atom stereocenters. The maximum Gasteiger partial charge on any atom is 0.262 e. The molecule has 1 atom stereocenters. The molecule has 26 heavy (non-hydrogen) atoms. The van der Waals surface area contributed by atoms with E-state index in [0.29, 0.717) is 16.8 Å². The molecule has 0 saturated heterocycles. The van der Waals surface area contributed by atoms with Gasteiger partial charge in [-0.2, -0.15) is 0 Å². The summed E-state index contributed by atoms with van der Waals surface area (Å²) >= 11 is 0. The summed E-state index contributed by atoms with van der Waals surface area (Å²) < 4.78 is 0. The Balaban J connectivity index is 1.91. The van der Waals surface area contributed by atoms with Gasteiger partial charge >= 0.3 is 0 Å². The van der Waals surface area contributed by atoms with Crippen LogP contribution in [-0.2, 0) is 4.79 Å². The van der Waals surface area contributed by atoms with Crippen LogP contribution < -0.4 is 5.32 Å². The zero-order valence-corrected chi connectivity index (χ0v) is 15.4. The number of benzene rings is 2. The van der Waals surface area contributed by atoms with Crippen LogP contribution >= 0.6 is 0 Å². The van der Waals surface area contributed by atoms with E-state index in [4.69, 9.17) is 0 Å². The minimum Gasteiger partial charge on any atom is -0.324 e. The van der Waals surface area contributed by atoms with Gasteiger partial charge in [-0.1, -0.05) is 32.0 Å². The SMILES string of the molecule is Cc1cc(C)cc(NC(=O)C(C(C)C)N2C(=O)c3ccccc3C2=O)c1. The molecular formula is C21H22N2O3. The number of nitrogens with zero attached hydrogens (tertiary/aromatic N) is 1. The molecule has 0 fully saturated rings. The van der Waals surface area contributed by atoms with E-state index in [0.717, 1.165) is 16.0 Å². The summed E-state index contributed by atoms with van der Waals surface area (Å²) in [4.78, 5) is 39.5. The molecule has 5 nitrogen and oxygen atoms in total. The molecule has 2 aromatic rings. The van der Waals surface area contributed by atoms with Crippen molar-refractivity contribution in [3.05, 3.63) is 64.7 Å². The van der Waals surface area contributed by atoms with E-state index in [1.807, 2.05) is 45.9 Å². The maximum atomic E-state index is 12.9. The number of carbonyl (C=O) groups excluding carboxylic acids is 3. The average molecular weight is 350 g/mol. The summed E-state index contributed by atoms with van der Waals surface area (Å²) in [6.07, 6.45) is 0. The van der Waals surface area contributed by atoms with Gasteiger partial charge in [0.2, 0.25) is 5.91 Å². The monoisotopic (exact) mass is 350 g/mol. The van der Waals surface area contributed by atoms with Gasteiger partial charge < -0.3 is 5.32 Å².